The Labute approximate surface area is 184 Å². The highest BCUT2D eigenvalue weighted by Gasteiger charge is 2.26. The fourth-order valence-corrected chi connectivity index (χ4v) is 4.19. The molecule has 4 heterocycles. The van der Waals surface area contributed by atoms with Crippen molar-refractivity contribution >= 4 is 17.2 Å². The topological polar surface area (TPSA) is 63.4 Å². The van der Waals surface area contributed by atoms with Gasteiger partial charge in [-0.3, -0.25) is 19.1 Å². The molecule has 6 nitrogen and oxygen atoms in total. The summed E-state index contributed by atoms with van der Waals surface area (Å²) >= 11 is 0. The van der Waals surface area contributed by atoms with Crippen LogP contribution in [0.1, 0.15) is 15.9 Å². The van der Waals surface area contributed by atoms with Gasteiger partial charge >= 0.3 is 0 Å². The molecule has 154 valence electrons. The standard InChI is InChI=1S/C26H19N5O/c32-26(30-14-12-19-7-4-13-27-24(19)30)21-10-8-20(9-11-21)25-29-16-22-15-28-23(17-31(22)25)18-5-2-1-3-6-18/h1-11,13,15-17H,12,14H2. The van der Waals surface area contributed by atoms with Crippen molar-refractivity contribution in [3.8, 4) is 22.6 Å². The number of carbonyl (C=O) groups is 1. The molecule has 0 N–H and O–H groups in total. The molecule has 0 spiro atoms. The van der Waals surface area contributed by atoms with Crippen LogP contribution in [0, 0.1) is 0 Å². The number of fused-ring (bicyclic) bond motifs is 2. The van der Waals surface area contributed by atoms with Gasteiger partial charge in [-0.15, -0.1) is 0 Å². The molecular weight excluding hydrogens is 398 g/mol. The van der Waals surface area contributed by atoms with Gasteiger partial charge in [-0.1, -0.05) is 48.5 Å². The summed E-state index contributed by atoms with van der Waals surface area (Å²) < 4.78 is 2.03. The van der Waals surface area contributed by atoms with Gasteiger partial charge in [-0.25, -0.2) is 9.97 Å². The lowest BCUT2D eigenvalue weighted by Crippen LogP contribution is -2.29. The summed E-state index contributed by atoms with van der Waals surface area (Å²) in [5, 5.41) is 0. The number of rotatable bonds is 3. The maximum absolute atomic E-state index is 13.1. The van der Waals surface area contributed by atoms with Crippen LogP contribution >= 0.6 is 0 Å². The molecule has 3 aromatic heterocycles. The number of carbonyl (C=O) groups excluding carboxylic acids is 1. The van der Waals surface area contributed by atoms with Crippen molar-refractivity contribution in [1.29, 1.82) is 0 Å². The molecule has 0 atom stereocenters. The van der Waals surface area contributed by atoms with Crippen molar-refractivity contribution in [3.63, 3.8) is 0 Å². The summed E-state index contributed by atoms with van der Waals surface area (Å²) in [6.45, 7) is 0.660. The summed E-state index contributed by atoms with van der Waals surface area (Å²) in [5.74, 6) is 1.55. The fraction of sp³-hybridized carbons (Fsp3) is 0.0769. The smallest absolute Gasteiger partial charge is 0.259 e. The summed E-state index contributed by atoms with van der Waals surface area (Å²) in [6.07, 6.45) is 8.21. The van der Waals surface area contributed by atoms with Crippen molar-refractivity contribution in [2.75, 3.05) is 11.4 Å². The Morgan fingerprint density at radius 1 is 0.812 bits per heavy atom. The third kappa shape index (κ3) is 3.04. The Hall–Kier alpha value is -4.32. The molecule has 5 aromatic rings. The lowest BCUT2D eigenvalue weighted by Gasteiger charge is -2.16. The van der Waals surface area contributed by atoms with Gasteiger partial charge in [0.05, 0.1) is 23.6 Å². The van der Waals surface area contributed by atoms with Gasteiger partial charge in [0.15, 0.2) is 0 Å². The summed E-state index contributed by atoms with van der Waals surface area (Å²) in [6, 6.07) is 21.6. The van der Waals surface area contributed by atoms with Gasteiger partial charge in [0.2, 0.25) is 0 Å². The minimum absolute atomic E-state index is 0.0301. The van der Waals surface area contributed by atoms with Crippen LogP contribution in [0.15, 0.2) is 91.5 Å². The number of anilines is 1. The maximum atomic E-state index is 13.1. The number of nitrogens with zero attached hydrogens (tertiary/aromatic N) is 5. The lowest BCUT2D eigenvalue weighted by atomic mass is 10.1. The van der Waals surface area contributed by atoms with E-state index in [1.807, 2.05) is 89.7 Å². The van der Waals surface area contributed by atoms with Crippen LogP contribution in [-0.2, 0) is 6.42 Å². The molecule has 0 unspecified atom stereocenters. The van der Waals surface area contributed by atoms with Crippen molar-refractivity contribution in [2.45, 2.75) is 6.42 Å². The number of benzene rings is 2. The number of hydrogen-bond donors (Lipinski definition) is 0. The SMILES string of the molecule is O=C(c1ccc(-c2ncc3cnc(-c4ccccc4)cn23)cc1)N1CCc2cccnc21. The molecule has 1 amide bonds. The number of aromatic nitrogens is 4. The molecule has 0 saturated heterocycles. The molecule has 32 heavy (non-hydrogen) atoms. The summed E-state index contributed by atoms with van der Waals surface area (Å²) in [5.41, 5.74) is 5.54. The molecule has 0 bridgehead atoms. The second kappa shape index (κ2) is 7.42. The summed E-state index contributed by atoms with van der Waals surface area (Å²) in [4.78, 5) is 28.4. The highest BCUT2D eigenvalue weighted by molar-refractivity contribution is 6.06. The molecular formula is C26H19N5O. The zero-order valence-electron chi connectivity index (χ0n) is 17.2. The zero-order valence-corrected chi connectivity index (χ0v) is 17.2. The zero-order chi connectivity index (χ0) is 21.5. The van der Waals surface area contributed by atoms with Crippen LogP contribution < -0.4 is 4.90 Å². The molecule has 0 saturated carbocycles. The first kappa shape index (κ1) is 18.4. The monoisotopic (exact) mass is 417 g/mol. The second-order valence-electron chi connectivity index (χ2n) is 7.79. The van der Waals surface area contributed by atoms with Gasteiger partial charge in [0.1, 0.15) is 11.6 Å². The number of imidazole rings is 1. The van der Waals surface area contributed by atoms with E-state index in [4.69, 9.17) is 0 Å². The van der Waals surface area contributed by atoms with Crippen LogP contribution in [0.3, 0.4) is 0 Å². The van der Waals surface area contributed by atoms with E-state index in [9.17, 15) is 4.79 Å². The van der Waals surface area contributed by atoms with Gasteiger partial charge in [-0.05, 0) is 30.2 Å². The molecule has 1 aliphatic heterocycles. The maximum Gasteiger partial charge on any atom is 0.259 e. The quantitative estimate of drug-likeness (QED) is 0.428. The number of pyridine rings is 1. The first-order valence-corrected chi connectivity index (χ1v) is 10.5. The van der Waals surface area contributed by atoms with E-state index in [0.29, 0.717) is 12.1 Å². The first-order valence-electron chi connectivity index (χ1n) is 10.5. The normalized spacial score (nSPS) is 12.8. The fourth-order valence-electron chi connectivity index (χ4n) is 4.19. The lowest BCUT2D eigenvalue weighted by molar-refractivity contribution is 0.0988. The van der Waals surface area contributed by atoms with E-state index in [1.54, 1.807) is 11.1 Å². The highest BCUT2D eigenvalue weighted by atomic mass is 16.2. The van der Waals surface area contributed by atoms with Crippen molar-refractivity contribution in [2.24, 2.45) is 0 Å². The average Bonchev–Trinajstić information content (AvgIpc) is 3.48. The van der Waals surface area contributed by atoms with E-state index >= 15 is 0 Å². The van der Waals surface area contributed by atoms with Crippen molar-refractivity contribution in [1.82, 2.24) is 19.4 Å². The van der Waals surface area contributed by atoms with E-state index < -0.39 is 0 Å². The van der Waals surface area contributed by atoms with E-state index in [1.165, 1.54) is 0 Å². The minimum Gasteiger partial charge on any atom is -0.296 e. The third-order valence-corrected chi connectivity index (χ3v) is 5.85. The molecule has 1 aliphatic rings. The van der Waals surface area contributed by atoms with Crippen LogP contribution in [-0.4, -0.2) is 31.8 Å². The average molecular weight is 417 g/mol. The summed E-state index contributed by atoms with van der Waals surface area (Å²) in [7, 11) is 0. The molecule has 0 radical (unpaired) electrons. The predicted molar refractivity (Wildman–Crippen MR) is 123 cm³/mol. The van der Waals surface area contributed by atoms with Crippen LogP contribution in [0.5, 0.6) is 0 Å². The Bertz CT molecular complexity index is 1440. The van der Waals surface area contributed by atoms with Crippen molar-refractivity contribution < 1.29 is 4.79 Å². The Balaban J connectivity index is 1.32. The second-order valence-corrected chi connectivity index (χ2v) is 7.79. The Kier molecular flexibility index (Phi) is 4.28. The van der Waals surface area contributed by atoms with Gasteiger partial charge in [-0.2, -0.15) is 0 Å². The van der Waals surface area contributed by atoms with E-state index in [2.05, 4.69) is 15.0 Å². The highest BCUT2D eigenvalue weighted by Crippen LogP contribution is 2.28. The first-order chi connectivity index (χ1) is 15.8. The molecule has 6 heteroatoms. The molecule has 0 aliphatic carbocycles. The Morgan fingerprint density at radius 3 is 2.47 bits per heavy atom. The Morgan fingerprint density at radius 2 is 1.62 bits per heavy atom. The van der Waals surface area contributed by atoms with Gasteiger partial charge in [0, 0.05) is 35.6 Å². The van der Waals surface area contributed by atoms with Crippen LogP contribution in [0.2, 0.25) is 0 Å². The molecule has 6 rings (SSSR count). The van der Waals surface area contributed by atoms with Gasteiger partial charge < -0.3 is 0 Å². The van der Waals surface area contributed by atoms with Gasteiger partial charge in [0.25, 0.3) is 5.91 Å². The van der Waals surface area contributed by atoms with E-state index in [-0.39, 0.29) is 5.91 Å². The third-order valence-electron chi connectivity index (χ3n) is 5.85. The molecule has 2 aromatic carbocycles. The predicted octanol–water partition coefficient (Wildman–Crippen LogP) is 4.66. The molecule has 0 fully saturated rings. The van der Waals surface area contributed by atoms with Crippen molar-refractivity contribution in [3.05, 3.63) is 103 Å². The number of amides is 1. The van der Waals surface area contributed by atoms with E-state index in [0.717, 1.165) is 46.0 Å². The number of hydrogen-bond acceptors (Lipinski definition) is 4. The largest absolute Gasteiger partial charge is 0.296 e. The minimum atomic E-state index is -0.0301. The van der Waals surface area contributed by atoms with Crippen LogP contribution in [0.25, 0.3) is 28.2 Å². The van der Waals surface area contributed by atoms with Crippen LogP contribution in [0.4, 0.5) is 5.82 Å².